The summed E-state index contributed by atoms with van der Waals surface area (Å²) in [7, 11) is 0. The number of benzene rings is 1. The molecule has 0 fully saturated rings. The molecule has 0 aromatic heterocycles. The number of rotatable bonds is 4. The van der Waals surface area contributed by atoms with Gasteiger partial charge in [0.25, 0.3) is 0 Å². The lowest BCUT2D eigenvalue weighted by molar-refractivity contribution is -0.121. The van der Waals surface area contributed by atoms with Crippen LogP contribution in [-0.4, -0.2) is 5.91 Å². The molecule has 0 unspecified atom stereocenters. The average molecular weight is 233 g/mol. The third-order valence-corrected chi connectivity index (χ3v) is 2.90. The van der Waals surface area contributed by atoms with E-state index in [2.05, 4.69) is 52.1 Å². The van der Waals surface area contributed by atoms with Gasteiger partial charge in [-0.2, -0.15) is 0 Å². The molecule has 1 aromatic carbocycles. The van der Waals surface area contributed by atoms with Gasteiger partial charge in [-0.25, -0.2) is 0 Å². The molecule has 0 aliphatic carbocycles. The molecular weight excluding hydrogens is 210 g/mol. The number of hydrogen-bond acceptors (Lipinski definition) is 1. The minimum absolute atomic E-state index is 0.138. The van der Waals surface area contributed by atoms with E-state index in [0.717, 1.165) is 0 Å². The Hall–Kier alpha value is -1.31. The molecule has 2 heteroatoms. The fourth-order valence-corrected chi connectivity index (χ4v) is 2.12. The lowest BCUT2D eigenvalue weighted by Crippen LogP contribution is -2.24. The normalized spacial score (nSPS) is 10.7. The molecule has 1 N–H and O–H groups in total. The lowest BCUT2D eigenvalue weighted by atomic mass is 10.00. The predicted octanol–water partition coefficient (Wildman–Crippen LogP) is 3.27. The maximum atomic E-state index is 11.6. The molecular formula is C15H23NO. The maximum Gasteiger partial charge on any atom is 0.220 e. The highest BCUT2D eigenvalue weighted by molar-refractivity contribution is 5.76. The first-order valence-electron chi connectivity index (χ1n) is 6.23. The van der Waals surface area contributed by atoms with Gasteiger partial charge in [-0.1, -0.05) is 31.5 Å². The molecule has 0 bridgehead atoms. The van der Waals surface area contributed by atoms with Crippen molar-refractivity contribution < 1.29 is 4.79 Å². The van der Waals surface area contributed by atoms with E-state index < -0.39 is 0 Å². The number of amides is 1. The van der Waals surface area contributed by atoms with Crippen LogP contribution >= 0.6 is 0 Å². The van der Waals surface area contributed by atoms with Crippen molar-refractivity contribution in [3.05, 3.63) is 34.4 Å². The Morgan fingerprint density at radius 2 is 1.71 bits per heavy atom. The number of carbonyl (C=O) groups is 1. The maximum absolute atomic E-state index is 11.6. The van der Waals surface area contributed by atoms with Gasteiger partial charge in [-0.3, -0.25) is 4.79 Å². The number of hydrogen-bond donors (Lipinski definition) is 1. The molecule has 17 heavy (non-hydrogen) atoms. The van der Waals surface area contributed by atoms with Gasteiger partial charge < -0.3 is 5.32 Å². The zero-order valence-corrected chi connectivity index (χ0v) is 11.6. The minimum Gasteiger partial charge on any atom is -0.352 e. The van der Waals surface area contributed by atoms with Crippen LogP contribution < -0.4 is 5.32 Å². The van der Waals surface area contributed by atoms with Gasteiger partial charge in [-0.15, -0.1) is 0 Å². The van der Waals surface area contributed by atoms with Crippen LogP contribution in [0.5, 0.6) is 0 Å². The van der Waals surface area contributed by atoms with Crippen LogP contribution in [0.2, 0.25) is 0 Å². The van der Waals surface area contributed by atoms with Gasteiger partial charge in [0.2, 0.25) is 5.91 Å². The first-order valence-corrected chi connectivity index (χ1v) is 6.23. The quantitative estimate of drug-likeness (QED) is 0.849. The highest BCUT2D eigenvalue weighted by Crippen LogP contribution is 2.16. The number of carbonyl (C=O) groups excluding carboxylic acids is 1. The smallest absolute Gasteiger partial charge is 0.220 e. The molecule has 0 saturated carbocycles. The number of nitrogens with one attached hydrogen (secondary N) is 1. The first-order chi connectivity index (χ1) is 7.90. The molecule has 0 heterocycles. The highest BCUT2D eigenvalue weighted by atomic mass is 16.1. The summed E-state index contributed by atoms with van der Waals surface area (Å²) in [4.78, 5) is 11.6. The van der Waals surface area contributed by atoms with Crippen molar-refractivity contribution in [1.82, 2.24) is 5.32 Å². The standard InChI is InChI=1S/C15H23NO/c1-10(2)6-15(17)16-9-14-12(4)7-11(3)8-13(14)5/h7-8,10H,6,9H2,1-5H3,(H,16,17). The van der Waals surface area contributed by atoms with Gasteiger partial charge in [-0.05, 0) is 43.4 Å². The highest BCUT2D eigenvalue weighted by Gasteiger charge is 2.07. The SMILES string of the molecule is Cc1cc(C)c(CNC(=O)CC(C)C)c(C)c1. The molecule has 0 saturated heterocycles. The molecule has 0 spiro atoms. The zero-order chi connectivity index (χ0) is 13.0. The molecule has 0 aliphatic heterocycles. The fraction of sp³-hybridized carbons (Fsp3) is 0.533. The van der Waals surface area contributed by atoms with E-state index in [4.69, 9.17) is 0 Å². The summed E-state index contributed by atoms with van der Waals surface area (Å²) in [6.45, 7) is 11.1. The Kier molecular flexibility index (Phi) is 4.73. The van der Waals surface area contributed by atoms with Gasteiger partial charge in [0.1, 0.15) is 0 Å². The monoisotopic (exact) mass is 233 g/mol. The van der Waals surface area contributed by atoms with Crippen molar-refractivity contribution in [3.8, 4) is 0 Å². The average Bonchev–Trinajstić information content (AvgIpc) is 2.14. The summed E-state index contributed by atoms with van der Waals surface area (Å²) in [5.41, 5.74) is 5.03. The Morgan fingerprint density at radius 3 is 2.18 bits per heavy atom. The predicted molar refractivity (Wildman–Crippen MR) is 72.0 cm³/mol. The third kappa shape index (κ3) is 4.22. The topological polar surface area (TPSA) is 29.1 Å². The Bertz CT molecular complexity index is 384. The summed E-state index contributed by atoms with van der Waals surface area (Å²) in [5.74, 6) is 0.551. The van der Waals surface area contributed by atoms with Crippen molar-refractivity contribution in [3.63, 3.8) is 0 Å². The van der Waals surface area contributed by atoms with Gasteiger partial charge in [0.15, 0.2) is 0 Å². The molecule has 0 radical (unpaired) electrons. The minimum atomic E-state index is 0.138. The Balaban J connectivity index is 2.67. The summed E-state index contributed by atoms with van der Waals surface area (Å²) >= 11 is 0. The van der Waals surface area contributed by atoms with Crippen LogP contribution in [0.25, 0.3) is 0 Å². The molecule has 1 rings (SSSR count). The second-order valence-corrected chi connectivity index (χ2v) is 5.25. The Labute approximate surface area is 104 Å². The van der Waals surface area contributed by atoms with E-state index in [1.165, 1.54) is 22.3 Å². The largest absolute Gasteiger partial charge is 0.352 e. The summed E-state index contributed by atoms with van der Waals surface area (Å²) in [6, 6.07) is 4.33. The van der Waals surface area contributed by atoms with E-state index in [1.54, 1.807) is 0 Å². The van der Waals surface area contributed by atoms with E-state index in [0.29, 0.717) is 18.9 Å². The van der Waals surface area contributed by atoms with Crippen molar-refractivity contribution >= 4 is 5.91 Å². The second-order valence-electron chi connectivity index (χ2n) is 5.25. The molecule has 1 amide bonds. The number of aryl methyl sites for hydroxylation is 3. The van der Waals surface area contributed by atoms with E-state index >= 15 is 0 Å². The van der Waals surface area contributed by atoms with E-state index in [-0.39, 0.29) is 5.91 Å². The van der Waals surface area contributed by atoms with Gasteiger partial charge >= 0.3 is 0 Å². The molecule has 1 aromatic rings. The van der Waals surface area contributed by atoms with Crippen LogP contribution in [-0.2, 0) is 11.3 Å². The summed E-state index contributed by atoms with van der Waals surface area (Å²) in [6.07, 6.45) is 0.601. The van der Waals surface area contributed by atoms with Crippen molar-refractivity contribution in [2.45, 2.75) is 47.6 Å². The molecule has 2 nitrogen and oxygen atoms in total. The molecule has 0 atom stereocenters. The van der Waals surface area contributed by atoms with E-state index in [9.17, 15) is 4.79 Å². The van der Waals surface area contributed by atoms with Gasteiger partial charge in [0, 0.05) is 13.0 Å². The van der Waals surface area contributed by atoms with Crippen molar-refractivity contribution in [2.75, 3.05) is 0 Å². The summed E-state index contributed by atoms with van der Waals surface area (Å²) < 4.78 is 0. The van der Waals surface area contributed by atoms with E-state index in [1.807, 2.05) is 0 Å². The second kappa shape index (κ2) is 5.85. The summed E-state index contributed by atoms with van der Waals surface area (Å²) in [5, 5.41) is 2.99. The third-order valence-electron chi connectivity index (χ3n) is 2.90. The van der Waals surface area contributed by atoms with Crippen LogP contribution in [0, 0.1) is 26.7 Å². The van der Waals surface area contributed by atoms with Crippen LogP contribution in [0.1, 0.15) is 42.5 Å². The van der Waals surface area contributed by atoms with Crippen molar-refractivity contribution in [2.24, 2.45) is 5.92 Å². The van der Waals surface area contributed by atoms with Gasteiger partial charge in [0.05, 0.1) is 0 Å². The Morgan fingerprint density at radius 1 is 1.18 bits per heavy atom. The van der Waals surface area contributed by atoms with Crippen molar-refractivity contribution in [1.29, 1.82) is 0 Å². The van der Waals surface area contributed by atoms with Crippen LogP contribution in [0.4, 0.5) is 0 Å². The fourth-order valence-electron chi connectivity index (χ4n) is 2.12. The molecule has 94 valence electrons. The van der Waals surface area contributed by atoms with Crippen LogP contribution in [0.15, 0.2) is 12.1 Å². The zero-order valence-electron chi connectivity index (χ0n) is 11.6. The lowest BCUT2D eigenvalue weighted by Gasteiger charge is -2.13. The molecule has 0 aliphatic rings. The van der Waals surface area contributed by atoms with Crippen LogP contribution in [0.3, 0.4) is 0 Å². The first kappa shape index (κ1) is 13.8.